The number of amides is 1. The van der Waals surface area contributed by atoms with Crippen LogP contribution in [0.1, 0.15) is 62.4 Å². The Morgan fingerprint density at radius 2 is 2.35 bits per heavy atom. The number of hydrogen-bond acceptors (Lipinski definition) is 5. The molecule has 1 amide bonds. The molecule has 1 saturated heterocycles. The number of carbonyl (C=O) groups excluding carboxylic acids is 1. The van der Waals surface area contributed by atoms with Crippen LogP contribution >= 0.6 is 0 Å². The molecule has 2 aromatic heterocycles. The third-order valence-electron chi connectivity index (χ3n) is 4.27. The van der Waals surface area contributed by atoms with Gasteiger partial charge in [0.15, 0.2) is 0 Å². The Morgan fingerprint density at radius 3 is 3.04 bits per heavy atom. The maximum absolute atomic E-state index is 12.4. The number of aromatic nitrogens is 4. The maximum atomic E-state index is 12.4. The third-order valence-corrected chi connectivity index (χ3v) is 4.27. The molecule has 0 aliphatic carbocycles. The van der Waals surface area contributed by atoms with E-state index in [2.05, 4.69) is 20.4 Å². The van der Waals surface area contributed by atoms with Gasteiger partial charge in [-0.05, 0) is 18.9 Å². The van der Waals surface area contributed by atoms with E-state index in [1.54, 1.807) is 6.20 Å². The van der Waals surface area contributed by atoms with E-state index in [9.17, 15) is 4.79 Å². The quantitative estimate of drug-likeness (QED) is 0.914. The second-order valence-electron chi connectivity index (χ2n) is 6.38. The van der Waals surface area contributed by atoms with Gasteiger partial charge < -0.3 is 9.32 Å². The number of rotatable bonds is 5. The van der Waals surface area contributed by atoms with E-state index in [1.807, 2.05) is 24.8 Å². The van der Waals surface area contributed by atoms with Crippen LogP contribution in [-0.4, -0.2) is 44.3 Å². The van der Waals surface area contributed by atoms with Gasteiger partial charge in [0.25, 0.3) is 0 Å². The molecule has 0 unspecified atom stereocenters. The zero-order valence-corrected chi connectivity index (χ0v) is 13.7. The van der Waals surface area contributed by atoms with Gasteiger partial charge in [-0.1, -0.05) is 13.8 Å². The number of H-pyrrole nitrogens is 1. The minimum atomic E-state index is 0.151. The second kappa shape index (κ2) is 6.93. The molecule has 7 heteroatoms. The summed E-state index contributed by atoms with van der Waals surface area (Å²) in [6.45, 7) is 5.59. The normalized spacial score (nSPS) is 18.6. The minimum Gasteiger partial charge on any atom is -0.425 e. The lowest BCUT2D eigenvalue weighted by molar-refractivity contribution is -0.132. The molecule has 3 rings (SSSR count). The fraction of sp³-hybridized carbons (Fsp3) is 0.625. The molecular weight excluding hydrogens is 294 g/mol. The number of nitrogens with one attached hydrogen (secondary N) is 1. The smallest absolute Gasteiger partial charge is 0.223 e. The van der Waals surface area contributed by atoms with Gasteiger partial charge in [0.2, 0.25) is 17.7 Å². The first-order valence-corrected chi connectivity index (χ1v) is 8.23. The van der Waals surface area contributed by atoms with Crippen molar-refractivity contribution in [3.8, 4) is 0 Å². The fourth-order valence-corrected chi connectivity index (χ4v) is 2.92. The van der Waals surface area contributed by atoms with Crippen LogP contribution in [0.15, 0.2) is 16.7 Å². The lowest BCUT2D eigenvalue weighted by Crippen LogP contribution is -2.39. The monoisotopic (exact) mass is 317 g/mol. The molecule has 23 heavy (non-hydrogen) atoms. The summed E-state index contributed by atoms with van der Waals surface area (Å²) in [5, 5.41) is 15.0. The maximum Gasteiger partial charge on any atom is 0.223 e. The summed E-state index contributed by atoms with van der Waals surface area (Å²) in [7, 11) is 0. The van der Waals surface area contributed by atoms with Gasteiger partial charge in [-0.3, -0.25) is 9.89 Å². The lowest BCUT2D eigenvalue weighted by Gasteiger charge is -2.32. The standard InChI is InChI=1S/C16H23N5O2/c1-11(2)16-20-19-14(23-16)5-6-15(22)21-9-3-4-12(10-21)13-7-8-17-18-13/h7-8,11-12H,3-6,9-10H2,1-2H3,(H,17,18)/t12-/m1/s1. The molecule has 1 atom stereocenters. The van der Waals surface area contributed by atoms with E-state index in [0.717, 1.165) is 31.6 Å². The summed E-state index contributed by atoms with van der Waals surface area (Å²) in [5.74, 6) is 1.89. The van der Waals surface area contributed by atoms with E-state index in [4.69, 9.17) is 4.42 Å². The number of nitrogens with zero attached hydrogens (tertiary/aromatic N) is 4. The lowest BCUT2D eigenvalue weighted by atomic mass is 9.94. The van der Waals surface area contributed by atoms with Crippen molar-refractivity contribution >= 4 is 5.91 Å². The van der Waals surface area contributed by atoms with Crippen molar-refractivity contribution in [3.05, 3.63) is 29.7 Å². The molecule has 0 saturated carbocycles. The first-order valence-electron chi connectivity index (χ1n) is 8.23. The summed E-state index contributed by atoms with van der Waals surface area (Å²) in [5.41, 5.74) is 1.11. The number of likely N-dealkylation sites (tertiary alicyclic amines) is 1. The van der Waals surface area contributed by atoms with Crippen molar-refractivity contribution in [3.63, 3.8) is 0 Å². The number of aromatic amines is 1. The van der Waals surface area contributed by atoms with Gasteiger partial charge in [0.05, 0.1) is 0 Å². The summed E-state index contributed by atoms with van der Waals surface area (Å²) >= 11 is 0. The van der Waals surface area contributed by atoms with Crippen LogP contribution in [0, 0.1) is 0 Å². The van der Waals surface area contributed by atoms with Gasteiger partial charge in [-0.2, -0.15) is 5.10 Å². The first-order chi connectivity index (χ1) is 11.1. The van der Waals surface area contributed by atoms with E-state index in [-0.39, 0.29) is 11.8 Å². The van der Waals surface area contributed by atoms with Crippen LogP contribution in [0.25, 0.3) is 0 Å². The van der Waals surface area contributed by atoms with Gasteiger partial charge in [0.1, 0.15) is 0 Å². The molecule has 1 N–H and O–H groups in total. The molecule has 0 radical (unpaired) electrons. The third kappa shape index (κ3) is 3.78. The van der Waals surface area contributed by atoms with E-state index in [0.29, 0.717) is 30.5 Å². The Labute approximate surface area is 135 Å². The van der Waals surface area contributed by atoms with Gasteiger partial charge in [-0.15, -0.1) is 10.2 Å². The number of piperidine rings is 1. The van der Waals surface area contributed by atoms with Crippen molar-refractivity contribution in [2.45, 2.75) is 51.4 Å². The van der Waals surface area contributed by atoms with Crippen molar-refractivity contribution in [1.29, 1.82) is 0 Å². The van der Waals surface area contributed by atoms with E-state index in [1.165, 1.54) is 0 Å². The topological polar surface area (TPSA) is 87.9 Å². The summed E-state index contributed by atoms with van der Waals surface area (Å²) in [6, 6.07) is 1.99. The van der Waals surface area contributed by atoms with Crippen LogP contribution in [0.4, 0.5) is 0 Å². The van der Waals surface area contributed by atoms with Gasteiger partial charge in [0, 0.05) is 49.7 Å². The predicted molar refractivity (Wildman–Crippen MR) is 83.9 cm³/mol. The van der Waals surface area contributed by atoms with Gasteiger partial charge >= 0.3 is 0 Å². The molecule has 3 heterocycles. The molecular formula is C16H23N5O2. The van der Waals surface area contributed by atoms with Crippen LogP contribution in [0.2, 0.25) is 0 Å². The van der Waals surface area contributed by atoms with Crippen molar-refractivity contribution in [2.24, 2.45) is 0 Å². The van der Waals surface area contributed by atoms with Crippen molar-refractivity contribution in [1.82, 2.24) is 25.3 Å². The van der Waals surface area contributed by atoms with Crippen LogP contribution in [-0.2, 0) is 11.2 Å². The van der Waals surface area contributed by atoms with Crippen molar-refractivity contribution in [2.75, 3.05) is 13.1 Å². The summed E-state index contributed by atoms with van der Waals surface area (Å²) < 4.78 is 5.56. The first kappa shape index (κ1) is 15.7. The molecule has 2 aromatic rings. The highest BCUT2D eigenvalue weighted by atomic mass is 16.4. The molecule has 0 spiro atoms. The summed E-state index contributed by atoms with van der Waals surface area (Å²) in [4.78, 5) is 14.4. The highest BCUT2D eigenvalue weighted by Gasteiger charge is 2.25. The minimum absolute atomic E-state index is 0.151. The zero-order valence-electron chi connectivity index (χ0n) is 13.7. The number of hydrogen-bond donors (Lipinski definition) is 1. The molecule has 124 valence electrons. The number of carbonyl (C=O) groups is 1. The second-order valence-corrected chi connectivity index (χ2v) is 6.38. The van der Waals surface area contributed by atoms with Crippen LogP contribution < -0.4 is 0 Å². The van der Waals surface area contributed by atoms with E-state index >= 15 is 0 Å². The average Bonchev–Trinajstić information content (AvgIpc) is 3.24. The zero-order chi connectivity index (χ0) is 16.2. The molecule has 0 aromatic carbocycles. The SMILES string of the molecule is CC(C)c1nnc(CCC(=O)N2CCC[C@@H](c3ccn[nH]3)C2)o1. The Morgan fingerprint density at radius 1 is 1.48 bits per heavy atom. The molecule has 0 bridgehead atoms. The molecule has 1 fully saturated rings. The van der Waals surface area contributed by atoms with Gasteiger partial charge in [-0.25, -0.2) is 0 Å². The molecule has 1 aliphatic rings. The highest BCUT2D eigenvalue weighted by Crippen LogP contribution is 2.25. The van der Waals surface area contributed by atoms with E-state index < -0.39 is 0 Å². The Bertz CT molecular complexity index is 635. The predicted octanol–water partition coefficient (Wildman–Crippen LogP) is 2.25. The summed E-state index contributed by atoms with van der Waals surface area (Å²) in [6.07, 6.45) is 4.79. The van der Waals surface area contributed by atoms with Crippen LogP contribution in [0.3, 0.4) is 0 Å². The van der Waals surface area contributed by atoms with Crippen LogP contribution in [0.5, 0.6) is 0 Å². The Balaban J connectivity index is 1.53. The Hall–Kier alpha value is -2.18. The largest absolute Gasteiger partial charge is 0.425 e. The number of aryl methyl sites for hydroxylation is 1. The fourth-order valence-electron chi connectivity index (χ4n) is 2.92. The van der Waals surface area contributed by atoms with Crippen molar-refractivity contribution < 1.29 is 9.21 Å². The average molecular weight is 317 g/mol. The molecule has 1 aliphatic heterocycles. The Kier molecular flexibility index (Phi) is 4.73. The molecule has 7 nitrogen and oxygen atoms in total. The highest BCUT2D eigenvalue weighted by molar-refractivity contribution is 5.76.